The van der Waals surface area contributed by atoms with Gasteiger partial charge in [-0.05, 0) is 65.7 Å². The number of rotatable bonds is 8. The Morgan fingerprint density at radius 1 is 0.771 bits per heavy atom. The molecule has 2 aromatic carbocycles. The van der Waals surface area contributed by atoms with Crippen LogP contribution in [0, 0.1) is 0 Å². The van der Waals surface area contributed by atoms with E-state index >= 15 is 0 Å². The lowest BCUT2D eigenvalue weighted by molar-refractivity contribution is 0.390. The molecule has 0 amide bonds. The van der Waals surface area contributed by atoms with E-state index in [2.05, 4.69) is 17.1 Å². The van der Waals surface area contributed by atoms with E-state index in [-0.39, 0.29) is 17.2 Å². The van der Waals surface area contributed by atoms with Gasteiger partial charge >= 0.3 is 0 Å². The first-order valence-corrected chi connectivity index (χ1v) is 14.0. The quantitative estimate of drug-likeness (QED) is 0.511. The summed E-state index contributed by atoms with van der Waals surface area (Å²) in [4.78, 5) is 4.04. The molecule has 0 spiro atoms. The molecule has 2 N–H and O–H groups in total. The van der Waals surface area contributed by atoms with Gasteiger partial charge in [0.25, 0.3) is 20.2 Å². The molecular weight excluding hydrogens is 488 g/mol. The van der Waals surface area contributed by atoms with Gasteiger partial charge in [0.1, 0.15) is 11.5 Å². The van der Waals surface area contributed by atoms with Crippen LogP contribution in [0.25, 0.3) is 5.57 Å². The van der Waals surface area contributed by atoms with Crippen LogP contribution in [0.4, 0.5) is 5.69 Å². The molecule has 0 radical (unpaired) electrons. The van der Waals surface area contributed by atoms with Gasteiger partial charge in [0, 0.05) is 25.8 Å². The smallest absolute Gasteiger partial charge is 0.269 e. The number of hydrogen-bond acceptors (Lipinski definition) is 6. The Morgan fingerprint density at radius 2 is 1.29 bits per heavy atom. The van der Waals surface area contributed by atoms with Gasteiger partial charge in [0.15, 0.2) is 0 Å². The molecule has 1 aliphatic carbocycles. The van der Waals surface area contributed by atoms with E-state index in [1.165, 1.54) is 6.07 Å². The number of anilines is 1. The maximum Gasteiger partial charge on any atom is 0.269 e. The molecule has 0 aromatic heterocycles. The largest absolute Gasteiger partial charge is 0.378 e. The minimum absolute atomic E-state index is 0.0978. The van der Waals surface area contributed by atoms with E-state index in [1.807, 2.05) is 69.5 Å². The maximum absolute atomic E-state index is 11.7. The predicted molar refractivity (Wildman–Crippen MR) is 139 cm³/mol. The van der Waals surface area contributed by atoms with Crippen molar-refractivity contribution in [2.24, 2.45) is 0 Å². The zero-order chi connectivity index (χ0) is 26.0. The zero-order valence-corrected chi connectivity index (χ0v) is 21.7. The summed E-state index contributed by atoms with van der Waals surface area (Å²) < 4.78 is 65.1. The minimum Gasteiger partial charge on any atom is -0.378 e. The van der Waals surface area contributed by atoms with Crippen molar-refractivity contribution in [1.82, 2.24) is 4.90 Å². The van der Waals surface area contributed by atoms with Crippen LogP contribution in [0.5, 0.6) is 0 Å². The second kappa shape index (κ2) is 10.5. The number of benzene rings is 2. The monoisotopic (exact) mass is 518 g/mol. The summed E-state index contributed by atoms with van der Waals surface area (Å²) in [7, 11) is -1.02. The van der Waals surface area contributed by atoms with Crippen LogP contribution in [-0.4, -0.2) is 65.1 Å². The van der Waals surface area contributed by atoms with Gasteiger partial charge in [-0.3, -0.25) is 14.0 Å². The predicted octanol–water partition coefficient (Wildman–Crippen LogP) is 3.39. The third kappa shape index (κ3) is 7.36. The molecule has 188 valence electrons. The van der Waals surface area contributed by atoms with Crippen LogP contribution in [0.15, 0.2) is 72.3 Å². The summed E-state index contributed by atoms with van der Waals surface area (Å²) in [6, 6.07) is 12.7. The van der Waals surface area contributed by atoms with E-state index in [0.29, 0.717) is 5.56 Å². The average molecular weight is 519 g/mol. The molecule has 0 bridgehead atoms. The summed E-state index contributed by atoms with van der Waals surface area (Å²) in [5.41, 5.74) is 4.44. The highest BCUT2D eigenvalue weighted by Gasteiger charge is 2.19. The molecule has 3 rings (SSSR count). The fourth-order valence-corrected chi connectivity index (χ4v) is 5.25. The van der Waals surface area contributed by atoms with E-state index < -0.39 is 31.7 Å². The Bertz CT molecular complexity index is 1370. The summed E-state index contributed by atoms with van der Waals surface area (Å²) in [5.74, 6) is -1.53. The molecule has 0 saturated carbocycles. The Hall–Kier alpha value is -2.76. The van der Waals surface area contributed by atoms with E-state index in [4.69, 9.17) is 0 Å². The minimum atomic E-state index is -4.45. The zero-order valence-electron chi connectivity index (χ0n) is 20.1. The number of likely N-dealkylation sites (N-methyl/N-ethyl adjacent to an activating group) is 1. The lowest BCUT2D eigenvalue weighted by atomic mass is 9.89. The molecule has 8 nitrogen and oxygen atoms in total. The lowest BCUT2D eigenvalue weighted by Crippen LogP contribution is -2.24. The van der Waals surface area contributed by atoms with Crippen LogP contribution in [0.1, 0.15) is 22.3 Å². The molecule has 0 saturated heterocycles. The van der Waals surface area contributed by atoms with Gasteiger partial charge in [-0.1, -0.05) is 48.6 Å². The Balaban J connectivity index is 2.22. The molecule has 10 heteroatoms. The van der Waals surface area contributed by atoms with Gasteiger partial charge in [-0.2, -0.15) is 16.8 Å². The second-order valence-corrected chi connectivity index (χ2v) is 11.8. The molecule has 0 atom stereocenters. The van der Waals surface area contributed by atoms with Crippen LogP contribution in [0.2, 0.25) is 0 Å². The van der Waals surface area contributed by atoms with Crippen molar-refractivity contribution in [2.45, 2.75) is 17.5 Å². The Kier molecular flexibility index (Phi) is 8.03. The Morgan fingerprint density at radius 3 is 1.77 bits per heavy atom. The van der Waals surface area contributed by atoms with Gasteiger partial charge in [0.2, 0.25) is 0 Å². The van der Waals surface area contributed by atoms with Crippen molar-refractivity contribution < 1.29 is 25.9 Å². The lowest BCUT2D eigenvalue weighted by Gasteiger charge is -2.22. The standard InChI is InChI=1S/C25H30N2O6S2/c1-26(2)23-11-7-18(8-12-23)25(19-9-13-24(14-10-19)27(3)4)20-5-6-21(16-34(28,29)30)22(15-20)17-35(31,32)33/h5-15,23H,16-17H2,1-4H3,(H,28,29,30)(H,31,32,33). The molecule has 0 fully saturated rings. The van der Waals surface area contributed by atoms with Crippen molar-refractivity contribution in [3.63, 3.8) is 0 Å². The molecule has 0 heterocycles. The van der Waals surface area contributed by atoms with Gasteiger partial charge in [-0.15, -0.1) is 0 Å². The second-order valence-electron chi connectivity index (χ2n) is 8.88. The van der Waals surface area contributed by atoms with Gasteiger partial charge in [-0.25, -0.2) is 0 Å². The molecule has 1 aliphatic rings. The van der Waals surface area contributed by atoms with E-state index in [9.17, 15) is 25.9 Å². The summed E-state index contributed by atoms with van der Waals surface area (Å²) >= 11 is 0. The first-order valence-electron chi connectivity index (χ1n) is 10.8. The van der Waals surface area contributed by atoms with Gasteiger partial charge in [0.05, 0.1) is 0 Å². The summed E-state index contributed by atoms with van der Waals surface area (Å²) in [6.45, 7) is 0. The fraction of sp³-hybridized carbons (Fsp3) is 0.280. The third-order valence-corrected chi connectivity index (χ3v) is 7.03. The number of allylic oxidation sites excluding steroid dienone is 3. The summed E-state index contributed by atoms with van der Waals surface area (Å²) in [5, 5.41) is 0. The van der Waals surface area contributed by atoms with E-state index in [1.54, 1.807) is 12.1 Å². The normalized spacial score (nSPS) is 16.1. The van der Waals surface area contributed by atoms with Crippen molar-refractivity contribution in [1.29, 1.82) is 0 Å². The maximum atomic E-state index is 11.7. The van der Waals surface area contributed by atoms with Crippen molar-refractivity contribution in [3.8, 4) is 0 Å². The highest BCUT2D eigenvalue weighted by Crippen LogP contribution is 2.33. The molecule has 0 aliphatic heterocycles. The first kappa shape index (κ1) is 26.8. The van der Waals surface area contributed by atoms with Crippen LogP contribution in [-0.2, 0) is 31.7 Å². The van der Waals surface area contributed by atoms with Crippen LogP contribution < -0.4 is 4.90 Å². The highest BCUT2D eigenvalue weighted by molar-refractivity contribution is 7.85. The van der Waals surface area contributed by atoms with E-state index in [0.717, 1.165) is 22.4 Å². The topological polar surface area (TPSA) is 115 Å². The van der Waals surface area contributed by atoms with Crippen molar-refractivity contribution in [3.05, 3.63) is 94.6 Å². The molecular formula is C25H30N2O6S2. The number of hydrogen-bond donors (Lipinski definition) is 2. The molecule has 0 unspecified atom stereocenters. The first-order chi connectivity index (χ1) is 16.2. The Labute approximate surface area is 207 Å². The number of nitrogens with zero attached hydrogens (tertiary/aromatic N) is 2. The summed E-state index contributed by atoms with van der Waals surface area (Å²) in [6.07, 6.45) is 8.09. The van der Waals surface area contributed by atoms with Crippen molar-refractivity contribution in [2.75, 3.05) is 33.1 Å². The SMILES string of the molecule is CN(C)c1ccc(C(=C2C=CC(N(C)C)C=C2)c2ccc(CS(=O)(=O)O)c(CS(=O)(=O)O)c2)cc1. The van der Waals surface area contributed by atoms with Crippen LogP contribution >= 0.6 is 0 Å². The van der Waals surface area contributed by atoms with Crippen molar-refractivity contribution >= 4 is 31.5 Å². The fourth-order valence-electron chi connectivity index (χ4n) is 3.91. The third-order valence-electron chi connectivity index (χ3n) is 5.67. The highest BCUT2D eigenvalue weighted by atomic mass is 32.2. The molecule has 35 heavy (non-hydrogen) atoms. The van der Waals surface area contributed by atoms with Gasteiger partial charge < -0.3 is 4.90 Å². The molecule has 2 aromatic rings. The van der Waals surface area contributed by atoms with Crippen LogP contribution in [0.3, 0.4) is 0 Å². The average Bonchev–Trinajstić information content (AvgIpc) is 2.74.